The number of fused-ring (bicyclic) bond motifs is 1. The fourth-order valence-electron chi connectivity index (χ4n) is 4.09. The van der Waals surface area contributed by atoms with Gasteiger partial charge in [0.05, 0.1) is 15.8 Å². The quantitative estimate of drug-likeness (QED) is 0.430. The summed E-state index contributed by atoms with van der Waals surface area (Å²) in [6.45, 7) is 3.13. The van der Waals surface area contributed by atoms with Gasteiger partial charge in [-0.3, -0.25) is 19.7 Å². The van der Waals surface area contributed by atoms with Crippen LogP contribution in [0.4, 0.5) is 5.13 Å². The van der Waals surface area contributed by atoms with Crippen molar-refractivity contribution in [3.05, 3.63) is 95.1 Å². The number of likely N-dealkylation sites (N-methyl/N-ethyl adjacent to an activating group) is 1. The molecule has 1 saturated heterocycles. The summed E-state index contributed by atoms with van der Waals surface area (Å²) in [5.74, 6) is -0.613. The third-order valence-electron chi connectivity index (χ3n) is 6.10. The molecule has 0 unspecified atom stereocenters. The smallest absolute Gasteiger partial charge is 0.258 e. The van der Waals surface area contributed by atoms with Gasteiger partial charge in [-0.05, 0) is 31.3 Å². The molecule has 1 N–H and O–H groups in total. The molecular weight excluding hydrogens is 460 g/mol. The van der Waals surface area contributed by atoms with Crippen LogP contribution in [0.15, 0.2) is 72.8 Å². The van der Waals surface area contributed by atoms with Crippen LogP contribution in [0.2, 0.25) is 0 Å². The molecule has 1 aliphatic rings. The van der Waals surface area contributed by atoms with E-state index >= 15 is 0 Å². The average molecular weight is 485 g/mol. The van der Waals surface area contributed by atoms with Gasteiger partial charge in [-0.25, -0.2) is 4.98 Å². The molecule has 4 aromatic rings. The normalized spacial score (nSPS) is 14.1. The molecule has 3 aromatic carbocycles. The lowest BCUT2D eigenvalue weighted by Crippen LogP contribution is -2.47. The molecule has 2 heterocycles. The second-order valence-corrected chi connectivity index (χ2v) is 9.52. The van der Waals surface area contributed by atoms with Crippen LogP contribution in [0.1, 0.15) is 36.6 Å². The molecule has 1 aromatic heterocycles. The number of nitrogens with one attached hydrogen (secondary N) is 1. The Morgan fingerprint density at radius 1 is 0.829 bits per heavy atom. The summed E-state index contributed by atoms with van der Waals surface area (Å²) in [6.07, 6.45) is 0. The number of hydrogen-bond donors (Lipinski definition) is 1. The SMILES string of the molecule is CN1CCN(C(=O)c2ccc3nc(NC(=O)c4ccccc4C(=O)c4ccccc4)sc3c2)CC1. The lowest BCUT2D eigenvalue weighted by Gasteiger charge is -2.32. The van der Waals surface area contributed by atoms with Gasteiger partial charge >= 0.3 is 0 Å². The van der Waals surface area contributed by atoms with Crippen LogP contribution in [0, 0.1) is 0 Å². The molecule has 35 heavy (non-hydrogen) atoms. The monoisotopic (exact) mass is 484 g/mol. The Kier molecular flexibility index (Phi) is 6.39. The maximum Gasteiger partial charge on any atom is 0.258 e. The first-order chi connectivity index (χ1) is 17.0. The Balaban J connectivity index is 1.35. The predicted octanol–water partition coefficient (Wildman–Crippen LogP) is 4.17. The molecular formula is C27H24N4O3S. The molecule has 1 fully saturated rings. The van der Waals surface area contributed by atoms with Crippen LogP contribution in [0.3, 0.4) is 0 Å². The first kappa shape index (κ1) is 22.9. The number of carbonyl (C=O) groups is 3. The maximum absolute atomic E-state index is 13.1. The molecule has 0 atom stereocenters. The molecule has 0 radical (unpaired) electrons. The number of thiazole rings is 1. The maximum atomic E-state index is 13.1. The molecule has 5 rings (SSSR count). The fraction of sp³-hybridized carbons (Fsp3) is 0.185. The summed E-state index contributed by atoms with van der Waals surface area (Å²) in [5, 5.41) is 3.24. The third kappa shape index (κ3) is 4.84. The fourth-order valence-corrected chi connectivity index (χ4v) is 4.99. The highest BCUT2D eigenvalue weighted by Gasteiger charge is 2.22. The Bertz CT molecular complexity index is 1410. The van der Waals surface area contributed by atoms with Crippen molar-refractivity contribution in [3.8, 4) is 0 Å². The van der Waals surface area contributed by atoms with Gasteiger partial charge in [0.1, 0.15) is 0 Å². The number of rotatable bonds is 5. The molecule has 0 aliphatic carbocycles. The van der Waals surface area contributed by atoms with Crippen LogP contribution >= 0.6 is 11.3 Å². The minimum absolute atomic E-state index is 0.00679. The van der Waals surface area contributed by atoms with E-state index < -0.39 is 5.91 Å². The number of nitrogens with zero attached hydrogens (tertiary/aromatic N) is 3. The van der Waals surface area contributed by atoms with Crippen molar-refractivity contribution in [1.29, 1.82) is 0 Å². The summed E-state index contributed by atoms with van der Waals surface area (Å²) in [4.78, 5) is 47.6. The minimum Gasteiger partial charge on any atom is -0.336 e. The summed E-state index contributed by atoms with van der Waals surface area (Å²) >= 11 is 1.30. The number of ketones is 1. The van der Waals surface area contributed by atoms with Crippen molar-refractivity contribution < 1.29 is 14.4 Å². The minimum atomic E-state index is -0.405. The average Bonchev–Trinajstić information content (AvgIpc) is 3.30. The van der Waals surface area contributed by atoms with Crippen molar-refractivity contribution in [2.24, 2.45) is 0 Å². The van der Waals surface area contributed by atoms with E-state index in [-0.39, 0.29) is 17.3 Å². The molecule has 1 aliphatic heterocycles. The molecule has 0 spiro atoms. The van der Waals surface area contributed by atoms with Gasteiger partial charge in [0.2, 0.25) is 0 Å². The lowest BCUT2D eigenvalue weighted by molar-refractivity contribution is 0.0664. The Morgan fingerprint density at radius 2 is 1.51 bits per heavy atom. The Labute approximate surface area is 207 Å². The summed E-state index contributed by atoms with van der Waals surface area (Å²) in [6, 6.07) is 21.0. The Morgan fingerprint density at radius 3 is 2.26 bits per heavy atom. The zero-order valence-electron chi connectivity index (χ0n) is 19.2. The van der Waals surface area contributed by atoms with Crippen LogP contribution in [0.5, 0.6) is 0 Å². The van der Waals surface area contributed by atoms with E-state index in [0.29, 0.717) is 40.4 Å². The van der Waals surface area contributed by atoms with Crippen LogP contribution in [0.25, 0.3) is 10.2 Å². The van der Waals surface area contributed by atoms with Crippen molar-refractivity contribution in [1.82, 2.24) is 14.8 Å². The number of amides is 2. The van der Waals surface area contributed by atoms with Gasteiger partial charge in [0, 0.05) is 42.9 Å². The van der Waals surface area contributed by atoms with Gasteiger partial charge in [-0.2, -0.15) is 0 Å². The highest BCUT2D eigenvalue weighted by molar-refractivity contribution is 7.22. The molecule has 8 heteroatoms. The van der Waals surface area contributed by atoms with Gasteiger partial charge in [-0.1, -0.05) is 59.9 Å². The molecule has 7 nitrogen and oxygen atoms in total. The van der Waals surface area contributed by atoms with Crippen LogP contribution in [-0.2, 0) is 0 Å². The number of hydrogen-bond acceptors (Lipinski definition) is 6. The van der Waals surface area contributed by atoms with E-state index in [9.17, 15) is 14.4 Å². The third-order valence-corrected chi connectivity index (χ3v) is 7.03. The first-order valence-electron chi connectivity index (χ1n) is 11.4. The number of benzene rings is 3. The zero-order valence-corrected chi connectivity index (χ0v) is 20.0. The molecule has 2 amide bonds. The number of carbonyl (C=O) groups excluding carboxylic acids is 3. The topological polar surface area (TPSA) is 82.6 Å². The first-order valence-corrected chi connectivity index (χ1v) is 12.2. The second-order valence-electron chi connectivity index (χ2n) is 8.49. The van der Waals surface area contributed by atoms with E-state index in [1.807, 2.05) is 17.0 Å². The standard InChI is InChI=1S/C27H24N4O3S/c1-30-13-15-31(16-14-30)26(34)19-11-12-22-23(17-19)35-27(28-22)29-25(33)21-10-6-5-9-20(21)24(32)18-7-3-2-4-8-18/h2-12,17H,13-16H2,1H3,(H,28,29,33). The van der Waals surface area contributed by atoms with E-state index in [4.69, 9.17) is 0 Å². The second kappa shape index (κ2) is 9.77. The van der Waals surface area contributed by atoms with Crippen molar-refractivity contribution >= 4 is 44.3 Å². The summed E-state index contributed by atoms with van der Waals surface area (Å²) < 4.78 is 0.814. The van der Waals surface area contributed by atoms with Crippen molar-refractivity contribution in [2.75, 3.05) is 38.5 Å². The lowest BCUT2D eigenvalue weighted by atomic mass is 9.98. The predicted molar refractivity (Wildman–Crippen MR) is 137 cm³/mol. The van der Waals surface area contributed by atoms with Gasteiger partial charge in [-0.15, -0.1) is 0 Å². The largest absolute Gasteiger partial charge is 0.336 e. The van der Waals surface area contributed by atoms with Crippen LogP contribution in [-0.4, -0.2) is 65.6 Å². The number of aromatic nitrogens is 1. The van der Waals surface area contributed by atoms with Gasteiger partial charge in [0.25, 0.3) is 11.8 Å². The highest BCUT2D eigenvalue weighted by atomic mass is 32.1. The summed E-state index contributed by atoms with van der Waals surface area (Å²) in [5.41, 5.74) is 2.45. The molecule has 176 valence electrons. The highest BCUT2D eigenvalue weighted by Crippen LogP contribution is 2.28. The van der Waals surface area contributed by atoms with Gasteiger partial charge < -0.3 is 9.80 Å². The van der Waals surface area contributed by atoms with E-state index in [2.05, 4.69) is 22.2 Å². The van der Waals surface area contributed by atoms with E-state index in [1.165, 1.54) is 11.3 Å². The molecule has 0 bridgehead atoms. The number of anilines is 1. The van der Waals surface area contributed by atoms with E-state index in [1.54, 1.807) is 60.7 Å². The van der Waals surface area contributed by atoms with Crippen LogP contribution < -0.4 is 5.32 Å². The Hall–Kier alpha value is -3.88. The zero-order chi connectivity index (χ0) is 24.4. The van der Waals surface area contributed by atoms with Crippen molar-refractivity contribution in [3.63, 3.8) is 0 Å². The summed E-state index contributed by atoms with van der Waals surface area (Å²) in [7, 11) is 2.05. The van der Waals surface area contributed by atoms with Crippen molar-refractivity contribution in [2.45, 2.75) is 0 Å². The van der Waals surface area contributed by atoms with Gasteiger partial charge in [0.15, 0.2) is 10.9 Å². The van der Waals surface area contributed by atoms with E-state index in [0.717, 1.165) is 17.8 Å². The number of piperazine rings is 1. The molecule has 0 saturated carbocycles.